The molecule has 0 N–H and O–H groups in total. The molecule has 436 valence electrons. The van der Waals surface area contributed by atoms with Crippen molar-refractivity contribution in [1.29, 1.82) is 0 Å². The van der Waals surface area contributed by atoms with Crippen LogP contribution in [0.2, 0.25) is 0 Å². The van der Waals surface area contributed by atoms with Crippen molar-refractivity contribution in [2.24, 2.45) is 0 Å². The number of ether oxygens (including phenoxy) is 6. The highest BCUT2D eigenvalue weighted by molar-refractivity contribution is 7.59. The summed E-state index contributed by atoms with van der Waals surface area (Å²) < 4.78 is 110. The van der Waals surface area contributed by atoms with Crippen molar-refractivity contribution in [1.82, 2.24) is 19.6 Å². The number of rotatable bonds is 20. The van der Waals surface area contributed by atoms with Gasteiger partial charge in [0.2, 0.25) is 24.8 Å². The average molecular weight is 1120 g/mol. The third-order valence-electron chi connectivity index (χ3n) is 10.9. The molecule has 2 aromatic rings. The van der Waals surface area contributed by atoms with Crippen molar-refractivity contribution >= 4 is 37.2 Å². The van der Waals surface area contributed by atoms with Crippen molar-refractivity contribution in [3.05, 3.63) is 59.2 Å². The van der Waals surface area contributed by atoms with Crippen LogP contribution in [0.5, 0.6) is 11.5 Å². The van der Waals surface area contributed by atoms with E-state index in [1.165, 1.54) is 0 Å². The van der Waals surface area contributed by atoms with Gasteiger partial charge in [0.1, 0.15) is 28.2 Å². The van der Waals surface area contributed by atoms with Crippen LogP contribution >= 0.6 is 7.37 Å². The molecule has 1 aliphatic heterocycles. The van der Waals surface area contributed by atoms with E-state index in [4.69, 9.17) is 28.2 Å². The van der Waals surface area contributed by atoms with Crippen LogP contribution < -0.4 is 9.47 Å². The lowest BCUT2D eigenvalue weighted by Crippen LogP contribution is -2.54. The second kappa shape index (κ2) is 28.5. The Labute approximate surface area is 453 Å². The van der Waals surface area contributed by atoms with Gasteiger partial charge in [-0.15, -0.1) is 0 Å². The lowest BCUT2D eigenvalue weighted by molar-refractivity contribution is -0.160. The van der Waals surface area contributed by atoms with Gasteiger partial charge in [0.15, 0.2) is 11.6 Å². The fourth-order valence-electron chi connectivity index (χ4n) is 8.08. The van der Waals surface area contributed by atoms with E-state index in [2.05, 4.69) is 4.74 Å². The molecule has 1 aliphatic rings. The minimum Gasteiger partial charge on any atom is -0.494 e. The highest BCUT2D eigenvalue weighted by Gasteiger charge is 2.34. The number of hydrogen-bond acceptors (Lipinski definition) is 17. The van der Waals surface area contributed by atoms with Gasteiger partial charge in [-0.2, -0.15) is 8.78 Å². The zero-order valence-electron chi connectivity index (χ0n) is 48.0. The normalized spacial score (nSPS) is 17.3. The summed E-state index contributed by atoms with van der Waals surface area (Å²) in [5.74, 6) is -11.4. The largest absolute Gasteiger partial charge is 0.494 e. The van der Waals surface area contributed by atoms with Crippen LogP contribution in [0.1, 0.15) is 122 Å². The fraction of sp³-hybridized carbons (Fsp3) is 0.691. The number of nitrogens with zero attached hydrogens (tertiary/aromatic N) is 4. The summed E-state index contributed by atoms with van der Waals surface area (Å²) in [4.78, 5) is 74.4. The molecule has 22 heteroatoms. The highest BCUT2D eigenvalue weighted by atomic mass is 31.2. The van der Waals surface area contributed by atoms with Gasteiger partial charge in [0, 0.05) is 70.2 Å². The zero-order chi connectivity index (χ0) is 58.3. The van der Waals surface area contributed by atoms with E-state index in [-0.39, 0.29) is 64.5 Å². The van der Waals surface area contributed by atoms with Crippen molar-refractivity contribution in [3.63, 3.8) is 0 Å². The van der Waals surface area contributed by atoms with Gasteiger partial charge in [-0.05, 0) is 134 Å². The van der Waals surface area contributed by atoms with Gasteiger partial charge in [0.25, 0.3) is 0 Å². The van der Waals surface area contributed by atoms with Crippen LogP contribution in [0.4, 0.5) is 17.6 Å². The smallest absolute Gasteiger partial charge is 0.320 e. The topological polar surface area (TPSA) is 180 Å². The predicted molar refractivity (Wildman–Crippen MR) is 283 cm³/mol. The van der Waals surface area contributed by atoms with E-state index in [0.717, 1.165) is 5.56 Å². The maximum Gasteiger partial charge on any atom is 0.320 e. The molecule has 0 saturated carbocycles. The number of carbonyl (C=O) groups is 5. The lowest BCUT2D eigenvalue weighted by Gasteiger charge is -2.39. The van der Waals surface area contributed by atoms with Crippen molar-refractivity contribution in [3.8, 4) is 11.5 Å². The third kappa shape index (κ3) is 27.2. The molecular weight excluding hydrogens is 1030 g/mol. The summed E-state index contributed by atoms with van der Waals surface area (Å²) >= 11 is 0. The molecule has 1 saturated heterocycles. The quantitative estimate of drug-likeness (QED) is 0.0234. The van der Waals surface area contributed by atoms with E-state index in [1.54, 1.807) is 116 Å². The first-order valence-corrected chi connectivity index (χ1v) is 28.1. The molecule has 2 aromatic carbocycles. The summed E-state index contributed by atoms with van der Waals surface area (Å²) in [6.07, 6.45) is -0.538. The van der Waals surface area contributed by atoms with Gasteiger partial charge >= 0.3 is 29.8 Å². The summed E-state index contributed by atoms with van der Waals surface area (Å²) in [6, 6.07) is 6.78. The number of benzene rings is 2. The Kier molecular flexibility index (Phi) is 24.6. The second-order valence-electron chi connectivity index (χ2n) is 24.3. The molecule has 2 atom stereocenters. The SMILES string of the molecule is CC(C)(C)OC(=O)CN1CCN(CC(=O)OC(C)(C)C)CCN(CC(=O)OC(C)(C)C)[C@@H](Cc2ccc(OCCCP(=O)(CCC(=O)Oc3c(F)c(F)cc(F)c3F)OC(C)(C)C)cc2)CN(CC(=O)OC(C)(C)C)CC1. The maximum absolute atomic E-state index is 14.2. The third-order valence-corrected chi connectivity index (χ3v) is 13.7. The van der Waals surface area contributed by atoms with Crippen LogP contribution in [-0.4, -0.2) is 174 Å². The van der Waals surface area contributed by atoms with Gasteiger partial charge in [-0.1, -0.05) is 12.1 Å². The van der Waals surface area contributed by atoms with E-state index in [9.17, 15) is 46.1 Å². The molecule has 0 spiro atoms. The monoisotopic (exact) mass is 1120 g/mol. The standard InChI is InChI=1S/C55H85F4N4O13P/c1-51(2,3)72-44(65)34-60-22-23-61(35-45(66)73-52(4,5)6)26-27-63(37-47(68)75-54(10,11)12)39(33-62(25-24-60)36-46(67)74-53(7,8)9)31-38-17-19-40(20-18-38)70-28-16-29-77(69,76-55(13,14)15)30-21-43(64)71-50-48(58)41(56)32-42(57)49(50)59/h17-20,32,39H,16,21-31,33-37H2,1-15H3/t39-,77?/m0/s1. The maximum atomic E-state index is 14.2. The second-order valence-corrected chi connectivity index (χ2v) is 27.0. The predicted octanol–water partition coefficient (Wildman–Crippen LogP) is 8.60. The Morgan fingerprint density at radius 2 is 0.961 bits per heavy atom. The Morgan fingerprint density at radius 3 is 1.40 bits per heavy atom. The molecule has 0 aromatic heterocycles. The molecule has 0 aliphatic carbocycles. The first-order chi connectivity index (χ1) is 35.3. The molecule has 1 fully saturated rings. The molecule has 17 nitrogen and oxygen atoms in total. The minimum absolute atomic E-state index is 0.0150. The number of carbonyl (C=O) groups excluding carboxylic acids is 5. The first kappa shape index (κ1) is 66.6. The molecule has 3 rings (SSSR count). The number of hydrogen-bond donors (Lipinski definition) is 0. The van der Waals surface area contributed by atoms with Crippen LogP contribution in [0.15, 0.2) is 30.3 Å². The minimum atomic E-state index is -3.64. The Morgan fingerprint density at radius 1 is 0.545 bits per heavy atom. The fourth-order valence-corrected chi connectivity index (χ4v) is 10.6. The summed E-state index contributed by atoms with van der Waals surface area (Å²) in [5, 5.41) is 0. The van der Waals surface area contributed by atoms with E-state index in [0.29, 0.717) is 44.9 Å². The zero-order valence-corrected chi connectivity index (χ0v) is 48.9. The molecule has 0 bridgehead atoms. The van der Waals surface area contributed by atoms with Crippen LogP contribution in [0.3, 0.4) is 0 Å². The van der Waals surface area contributed by atoms with Gasteiger partial charge < -0.3 is 32.9 Å². The van der Waals surface area contributed by atoms with Crippen LogP contribution in [-0.2, 0) is 58.4 Å². The Bertz CT molecular complexity index is 2320. The number of esters is 5. The average Bonchev–Trinajstić information content (AvgIpc) is 3.24. The molecular formula is C55H85F4N4O13P. The Balaban J connectivity index is 1.94. The number of halogens is 4. The van der Waals surface area contributed by atoms with E-state index < -0.39 is 113 Å². The lowest BCUT2D eigenvalue weighted by atomic mass is 10.0. The summed E-state index contributed by atoms with van der Waals surface area (Å²) in [6.45, 7) is 28.4. The van der Waals surface area contributed by atoms with Gasteiger partial charge in [-0.3, -0.25) is 48.1 Å². The van der Waals surface area contributed by atoms with E-state index in [1.807, 2.05) is 31.7 Å². The van der Waals surface area contributed by atoms with Crippen LogP contribution in [0, 0.1) is 23.3 Å². The Hall–Kier alpha value is -4.66. The molecule has 1 unspecified atom stereocenters. The van der Waals surface area contributed by atoms with Gasteiger partial charge in [-0.25, -0.2) is 8.78 Å². The summed E-state index contributed by atoms with van der Waals surface area (Å²) in [7, 11) is -3.64. The molecule has 1 heterocycles. The summed E-state index contributed by atoms with van der Waals surface area (Å²) in [5.41, 5.74) is -3.11. The van der Waals surface area contributed by atoms with Crippen molar-refractivity contribution in [2.45, 2.75) is 157 Å². The molecule has 0 radical (unpaired) electrons. The molecule has 0 amide bonds. The van der Waals surface area contributed by atoms with E-state index >= 15 is 0 Å². The van der Waals surface area contributed by atoms with Crippen LogP contribution in [0.25, 0.3) is 0 Å². The highest BCUT2D eigenvalue weighted by Crippen LogP contribution is 2.51. The van der Waals surface area contributed by atoms with Gasteiger partial charge in [0.05, 0.1) is 44.8 Å². The first-order valence-electron chi connectivity index (χ1n) is 26.1. The molecule has 77 heavy (non-hydrogen) atoms. The van der Waals surface area contributed by atoms with Crippen molar-refractivity contribution < 1.29 is 79.0 Å². The van der Waals surface area contributed by atoms with Crippen molar-refractivity contribution in [2.75, 3.05) is 90.9 Å².